The number of unbranched alkanes of at least 4 members (excludes halogenated alkanes) is 2. The Bertz CT molecular complexity index is 351. The topological polar surface area (TPSA) is 75.4 Å². The molecule has 0 aromatic rings. The lowest BCUT2D eigenvalue weighted by atomic mass is 10.0. The minimum Gasteiger partial charge on any atom is -0.370 e. The van der Waals surface area contributed by atoms with Gasteiger partial charge in [0.1, 0.15) is 5.78 Å². The van der Waals surface area contributed by atoms with Crippen LogP contribution in [-0.4, -0.2) is 48.8 Å². The Hall–Kier alpha value is -0.940. The first-order chi connectivity index (χ1) is 11.8. The van der Waals surface area contributed by atoms with E-state index in [1.807, 2.05) is 13.8 Å². The summed E-state index contributed by atoms with van der Waals surface area (Å²) in [5, 5.41) is 3.44. The van der Waals surface area contributed by atoms with Gasteiger partial charge in [-0.3, -0.25) is 9.59 Å². The summed E-state index contributed by atoms with van der Waals surface area (Å²) in [4.78, 5) is 24.1. The van der Waals surface area contributed by atoms with E-state index in [1.165, 1.54) is 45.4 Å². The van der Waals surface area contributed by atoms with Crippen molar-refractivity contribution in [2.45, 2.75) is 85.1 Å². The van der Waals surface area contributed by atoms with Crippen LogP contribution in [0.3, 0.4) is 0 Å². The average molecular weight is 356 g/mol. The van der Waals surface area contributed by atoms with Crippen molar-refractivity contribution in [2.24, 2.45) is 11.7 Å². The van der Waals surface area contributed by atoms with Crippen LogP contribution in [0.25, 0.3) is 0 Å². The lowest BCUT2D eigenvalue weighted by molar-refractivity contribution is -0.122. The van der Waals surface area contributed by atoms with Gasteiger partial charge in [0.2, 0.25) is 5.91 Å². The molecule has 148 valence electrons. The van der Waals surface area contributed by atoms with Crippen LogP contribution < -0.4 is 11.1 Å². The largest absolute Gasteiger partial charge is 0.370 e. The van der Waals surface area contributed by atoms with Gasteiger partial charge in [-0.2, -0.15) is 0 Å². The molecule has 0 saturated carbocycles. The number of hydrogen-bond donors (Lipinski definition) is 2. The van der Waals surface area contributed by atoms with Crippen LogP contribution in [0.15, 0.2) is 0 Å². The van der Waals surface area contributed by atoms with Crippen molar-refractivity contribution in [3.05, 3.63) is 0 Å². The SMILES string of the molecule is CC(C)C(=O)CCCCCC(N)=O.CC(C)NCCCN1CCCC1. The Morgan fingerprint density at radius 2 is 1.56 bits per heavy atom. The van der Waals surface area contributed by atoms with Crippen molar-refractivity contribution in [1.82, 2.24) is 10.2 Å². The highest BCUT2D eigenvalue weighted by molar-refractivity contribution is 5.80. The van der Waals surface area contributed by atoms with Crippen molar-refractivity contribution in [3.63, 3.8) is 0 Å². The number of rotatable bonds is 12. The predicted molar refractivity (Wildman–Crippen MR) is 106 cm³/mol. The third kappa shape index (κ3) is 16.3. The Morgan fingerprint density at radius 3 is 2.08 bits per heavy atom. The maximum absolute atomic E-state index is 11.1. The number of hydrogen-bond acceptors (Lipinski definition) is 4. The molecule has 0 unspecified atom stereocenters. The molecule has 0 aliphatic carbocycles. The summed E-state index contributed by atoms with van der Waals surface area (Å²) in [5.41, 5.74) is 4.98. The van der Waals surface area contributed by atoms with Crippen LogP contribution in [-0.2, 0) is 9.59 Å². The molecule has 1 rings (SSSR count). The molecule has 1 fully saturated rings. The van der Waals surface area contributed by atoms with Crippen LogP contribution >= 0.6 is 0 Å². The molecular formula is C20H41N3O2. The first-order valence-corrected chi connectivity index (χ1v) is 10.1. The van der Waals surface area contributed by atoms with Gasteiger partial charge in [0.25, 0.3) is 0 Å². The normalized spacial score (nSPS) is 14.6. The molecule has 0 atom stereocenters. The number of primary amides is 1. The van der Waals surface area contributed by atoms with Gasteiger partial charge in [0.15, 0.2) is 0 Å². The average Bonchev–Trinajstić information content (AvgIpc) is 3.04. The third-order valence-electron chi connectivity index (χ3n) is 4.39. The summed E-state index contributed by atoms with van der Waals surface area (Å²) in [5.74, 6) is 0.186. The molecule has 1 aliphatic rings. The lowest BCUT2D eigenvalue weighted by Gasteiger charge is -2.15. The number of nitrogens with two attached hydrogens (primary N) is 1. The Labute approximate surface area is 155 Å². The molecular weight excluding hydrogens is 314 g/mol. The second-order valence-electron chi connectivity index (χ2n) is 7.66. The van der Waals surface area contributed by atoms with Crippen LogP contribution in [0.4, 0.5) is 0 Å². The second kappa shape index (κ2) is 15.3. The molecule has 0 spiro atoms. The van der Waals surface area contributed by atoms with Crippen molar-refractivity contribution in [1.29, 1.82) is 0 Å². The molecule has 0 radical (unpaired) electrons. The van der Waals surface area contributed by atoms with Crippen molar-refractivity contribution in [2.75, 3.05) is 26.2 Å². The second-order valence-corrected chi connectivity index (χ2v) is 7.66. The molecule has 0 aromatic heterocycles. The van der Waals surface area contributed by atoms with E-state index in [4.69, 9.17) is 5.73 Å². The fraction of sp³-hybridized carbons (Fsp3) is 0.900. The highest BCUT2D eigenvalue weighted by atomic mass is 16.1. The van der Waals surface area contributed by atoms with E-state index in [9.17, 15) is 9.59 Å². The smallest absolute Gasteiger partial charge is 0.217 e. The van der Waals surface area contributed by atoms with Crippen molar-refractivity contribution < 1.29 is 9.59 Å². The summed E-state index contributed by atoms with van der Waals surface area (Å²) >= 11 is 0. The van der Waals surface area contributed by atoms with E-state index in [0.29, 0.717) is 24.7 Å². The maximum Gasteiger partial charge on any atom is 0.217 e. The minimum absolute atomic E-state index is 0.135. The minimum atomic E-state index is -0.254. The summed E-state index contributed by atoms with van der Waals surface area (Å²) in [7, 11) is 0. The van der Waals surface area contributed by atoms with E-state index >= 15 is 0 Å². The fourth-order valence-electron chi connectivity index (χ4n) is 2.76. The molecule has 1 saturated heterocycles. The zero-order valence-corrected chi connectivity index (χ0v) is 17.0. The summed E-state index contributed by atoms with van der Waals surface area (Å²) in [6.07, 6.45) is 7.81. The zero-order valence-electron chi connectivity index (χ0n) is 17.0. The van der Waals surface area contributed by atoms with Crippen LogP contribution in [0.2, 0.25) is 0 Å². The standard InChI is InChI=1S/C10H22N2.C10H19NO2/c1-10(2)11-6-5-9-12-7-3-4-8-12;1-8(2)9(12)6-4-3-5-7-10(11)13/h10-11H,3-9H2,1-2H3;8H,3-7H2,1-2H3,(H2,11,13). The molecule has 0 bridgehead atoms. The van der Waals surface area contributed by atoms with Gasteiger partial charge in [-0.05, 0) is 58.3 Å². The molecule has 5 heteroatoms. The van der Waals surface area contributed by atoms with Crippen LogP contribution in [0.1, 0.15) is 79.1 Å². The first kappa shape index (κ1) is 24.1. The molecule has 5 nitrogen and oxygen atoms in total. The van der Waals surface area contributed by atoms with E-state index < -0.39 is 0 Å². The molecule has 1 amide bonds. The van der Waals surface area contributed by atoms with Gasteiger partial charge >= 0.3 is 0 Å². The van der Waals surface area contributed by atoms with Gasteiger partial charge in [-0.25, -0.2) is 0 Å². The van der Waals surface area contributed by atoms with Crippen LogP contribution in [0, 0.1) is 5.92 Å². The summed E-state index contributed by atoms with van der Waals surface area (Å²) in [6, 6.07) is 0.642. The maximum atomic E-state index is 11.1. The molecule has 1 heterocycles. The Morgan fingerprint density at radius 1 is 0.960 bits per heavy atom. The number of carbonyl (C=O) groups excluding carboxylic acids is 2. The first-order valence-electron chi connectivity index (χ1n) is 10.1. The lowest BCUT2D eigenvalue weighted by Crippen LogP contribution is -2.28. The van der Waals surface area contributed by atoms with Gasteiger partial charge in [0.05, 0.1) is 0 Å². The summed E-state index contributed by atoms with van der Waals surface area (Å²) in [6.45, 7) is 13.4. The van der Waals surface area contributed by atoms with Gasteiger partial charge < -0.3 is 16.0 Å². The highest BCUT2D eigenvalue weighted by Gasteiger charge is 2.09. The van der Waals surface area contributed by atoms with Crippen molar-refractivity contribution in [3.8, 4) is 0 Å². The number of ketones is 1. The predicted octanol–water partition coefficient (Wildman–Crippen LogP) is 3.12. The van der Waals surface area contributed by atoms with E-state index in [0.717, 1.165) is 19.3 Å². The molecule has 0 aromatic carbocycles. The monoisotopic (exact) mass is 355 g/mol. The molecule has 25 heavy (non-hydrogen) atoms. The van der Waals surface area contributed by atoms with Crippen LogP contribution in [0.5, 0.6) is 0 Å². The number of Topliss-reactive ketones (excluding diaryl/α,β-unsaturated/α-hetero) is 1. The number of nitrogens with one attached hydrogen (secondary N) is 1. The zero-order chi connectivity index (χ0) is 19.1. The third-order valence-corrected chi connectivity index (χ3v) is 4.39. The Kier molecular flexibility index (Phi) is 14.7. The quantitative estimate of drug-likeness (QED) is 0.527. The van der Waals surface area contributed by atoms with E-state index in [1.54, 1.807) is 0 Å². The summed E-state index contributed by atoms with van der Waals surface area (Å²) < 4.78 is 0. The fourth-order valence-corrected chi connectivity index (χ4v) is 2.76. The van der Waals surface area contributed by atoms with Gasteiger partial charge in [-0.15, -0.1) is 0 Å². The van der Waals surface area contributed by atoms with Crippen molar-refractivity contribution >= 4 is 11.7 Å². The van der Waals surface area contributed by atoms with E-state index in [2.05, 4.69) is 24.1 Å². The number of carbonyl (C=O) groups is 2. The number of amides is 1. The van der Waals surface area contributed by atoms with Gasteiger partial charge in [-0.1, -0.05) is 34.1 Å². The molecule has 3 N–H and O–H groups in total. The van der Waals surface area contributed by atoms with Gasteiger partial charge in [0, 0.05) is 24.8 Å². The number of nitrogens with zero attached hydrogens (tertiary/aromatic N) is 1. The molecule has 1 aliphatic heterocycles. The Balaban J connectivity index is 0.000000462. The van der Waals surface area contributed by atoms with E-state index in [-0.39, 0.29) is 11.8 Å². The number of likely N-dealkylation sites (tertiary alicyclic amines) is 1. The highest BCUT2D eigenvalue weighted by Crippen LogP contribution is 2.07.